The summed E-state index contributed by atoms with van der Waals surface area (Å²) >= 11 is 1.46. The van der Waals surface area contributed by atoms with Gasteiger partial charge in [-0.25, -0.2) is 4.98 Å². The van der Waals surface area contributed by atoms with Crippen LogP contribution >= 0.6 is 11.3 Å². The molecule has 0 aliphatic carbocycles. The molecule has 0 bridgehead atoms. The molecule has 1 amide bonds. The Balaban J connectivity index is 2.02. The minimum absolute atomic E-state index is 0.167. The zero-order valence-corrected chi connectivity index (χ0v) is 12.6. The molecule has 4 nitrogen and oxygen atoms in total. The molecule has 1 aliphatic heterocycles. The SMILES string of the molecule is CCCN(CC1CCNCC1)C(=O)c1scnc1C. The number of thiazole rings is 1. The van der Waals surface area contributed by atoms with E-state index in [0.29, 0.717) is 5.92 Å². The largest absolute Gasteiger partial charge is 0.338 e. The van der Waals surface area contributed by atoms with Crippen molar-refractivity contribution in [2.24, 2.45) is 5.92 Å². The van der Waals surface area contributed by atoms with Gasteiger partial charge in [-0.1, -0.05) is 6.92 Å². The Kier molecular flexibility index (Phi) is 5.34. The van der Waals surface area contributed by atoms with Crippen molar-refractivity contribution in [3.8, 4) is 0 Å². The van der Waals surface area contributed by atoms with Crippen LogP contribution in [0, 0.1) is 12.8 Å². The zero-order chi connectivity index (χ0) is 13.7. The molecule has 1 aliphatic rings. The predicted molar refractivity (Wildman–Crippen MR) is 78.6 cm³/mol. The second-order valence-electron chi connectivity index (χ2n) is 5.21. The van der Waals surface area contributed by atoms with Crippen molar-refractivity contribution in [3.05, 3.63) is 16.1 Å². The molecule has 1 fully saturated rings. The Morgan fingerprint density at radius 1 is 1.53 bits per heavy atom. The third kappa shape index (κ3) is 3.76. The number of hydrogen-bond donors (Lipinski definition) is 1. The van der Waals surface area contributed by atoms with E-state index in [1.165, 1.54) is 24.2 Å². The molecule has 0 unspecified atom stereocenters. The fourth-order valence-electron chi connectivity index (χ4n) is 2.57. The van der Waals surface area contributed by atoms with Crippen LogP contribution in [0.25, 0.3) is 0 Å². The first kappa shape index (κ1) is 14.5. The summed E-state index contributed by atoms with van der Waals surface area (Å²) < 4.78 is 0. The number of aromatic nitrogens is 1. The maximum absolute atomic E-state index is 12.6. The van der Waals surface area contributed by atoms with Gasteiger partial charge in [-0.05, 0) is 45.2 Å². The summed E-state index contributed by atoms with van der Waals surface area (Å²) in [6, 6.07) is 0. The van der Waals surface area contributed by atoms with Crippen LogP contribution in [0.3, 0.4) is 0 Å². The second kappa shape index (κ2) is 7.01. The van der Waals surface area contributed by atoms with Gasteiger partial charge in [0.15, 0.2) is 0 Å². The van der Waals surface area contributed by atoms with E-state index in [-0.39, 0.29) is 5.91 Å². The predicted octanol–water partition coefficient (Wildman–Crippen LogP) is 2.30. The summed E-state index contributed by atoms with van der Waals surface area (Å²) in [4.78, 5) is 19.6. The highest BCUT2D eigenvalue weighted by molar-refractivity contribution is 7.11. The van der Waals surface area contributed by atoms with Crippen molar-refractivity contribution in [1.29, 1.82) is 0 Å². The molecule has 2 heterocycles. The third-order valence-electron chi connectivity index (χ3n) is 3.66. The van der Waals surface area contributed by atoms with Crippen molar-refractivity contribution in [1.82, 2.24) is 15.2 Å². The lowest BCUT2D eigenvalue weighted by atomic mass is 9.97. The lowest BCUT2D eigenvalue weighted by Crippen LogP contribution is -2.39. The third-order valence-corrected chi connectivity index (χ3v) is 4.57. The van der Waals surface area contributed by atoms with Crippen LogP contribution in [-0.4, -0.2) is 42.0 Å². The molecule has 0 spiro atoms. The summed E-state index contributed by atoms with van der Waals surface area (Å²) in [5, 5.41) is 3.37. The van der Waals surface area contributed by atoms with Gasteiger partial charge in [-0.3, -0.25) is 4.79 Å². The Labute approximate surface area is 119 Å². The van der Waals surface area contributed by atoms with Gasteiger partial charge in [-0.15, -0.1) is 11.3 Å². The lowest BCUT2D eigenvalue weighted by Gasteiger charge is -2.29. The fourth-order valence-corrected chi connectivity index (χ4v) is 3.34. The van der Waals surface area contributed by atoms with Gasteiger partial charge in [0.2, 0.25) is 0 Å². The van der Waals surface area contributed by atoms with Gasteiger partial charge >= 0.3 is 0 Å². The first-order chi connectivity index (χ1) is 9.22. The van der Waals surface area contributed by atoms with Crippen LogP contribution in [0.1, 0.15) is 41.6 Å². The van der Waals surface area contributed by atoms with E-state index in [4.69, 9.17) is 0 Å². The van der Waals surface area contributed by atoms with E-state index in [2.05, 4.69) is 17.2 Å². The molecule has 5 heteroatoms. The number of piperidine rings is 1. The highest BCUT2D eigenvalue weighted by Crippen LogP contribution is 2.19. The topological polar surface area (TPSA) is 45.2 Å². The van der Waals surface area contributed by atoms with E-state index < -0.39 is 0 Å². The Morgan fingerprint density at radius 2 is 2.26 bits per heavy atom. The molecule has 1 N–H and O–H groups in total. The summed E-state index contributed by atoms with van der Waals surface area (Å²) in [6.45, 7) is 7.95. The zero-order valence-electron chi connectivity index (χ0n) is 11.8. The first-order valence-corrected chi connectivity index (χ1v) is 8.00. The van der Waals surface area contributed by atoms with E-state index in [1.807, 2.05) is 11.8 Å². The molecule has 1 saturated heterocycles. The van der Waals surface area contributed by atoms with E-state index in [0.717, 1.165) is 43.2 Å². The minimum atomic E-state index is 0.167. The van der Waals surface area contributed by atoms with Gasteiger partial charge in [0, 0.05) is 13.1 Å². The highest BCUT2D eigenvalue weighted by atomic mass is 32.1. The fraction of sp³-hybridized carbons (Fsp3) is 0.714. The quantitative estimate of drug-likeness (QED) is 0.901. The normalized spacial score (nSPS) is 16.5. The van der Waals surface area contributed by atoms with Gasteiger partial charge in [-0.2, -0.15) is 0 Å². The number of hydrogen-bond acceptors (Lipinski definition) is 4. The highest BCUT2D eigenvalue weighted by Gasteiger charge is 2.23. The van der Waals surface area contributed by atoms with Crippen LogP contribution in [0.4, 0.5) is 0 Å². The number of rotatable bonds is 5. The monoisotopic (exact) mass is 281 g/mol. The van der Waals surface area contributed by atoms with Gasteiger partial charge in [0.1, 0.15) is 4.88 Å². The summed E-state index contributed by atoms with van der Waals surface area (Å²) in [5.41, 5.74) is 2.62. The number of nitrogens with zero attached hydrogens (tertiary/aromatic N) is 2. The smallest absolute Gasteiger partial charge is 0.265 e. The molecule has 19 heavy (non-hydrogen) atoms. The number of carbonyl (C=O) groups is 1. The maximum Gasteiger partial charge on any atom is 0.265 e. The minimum Gasteiger partial charge on any atom is -0.338 e. The van der Waals surface area contributed by atoms with Gasteiger partial charge < -0.3 is 10.2 Å². The molecule has 0 atom stereocenters. The van der Waals surface area contributed by atoms with Crippen molar-refractivity contribution in [2.75, 3.05) is 26.2 Å². The molecular weight excluding hydrogens is 258 g/mol. The van der Waals surface area contributed by atoms with Crippen LogP contribution in [0.5, 0.6) is 0 Å². The van der Waals surface area contributed by atoms with Crippen molar-refractivity contribution in [2.45, 2.75) is 33.1 Å². The molecule has 1 aromatic heterocycles. The number of aryl methyl sites for hydroxylation is 1. The van der Waals surface area contributed by atoms with Crippen LogP contribution in [-0.2, 0) is 0 Å². The van der Waals surface area contributed by atoms with E-state index in [1.54, 1.807) is 5.51 Å². The number of nitrogens with one attached hydrogen (secondary N) is 1. The van der Waals surface area contributed by atoms with Crippen molar-refractivity contribution >= 4 is 17.2 Å². The maximum atomic E-state index is 12.6. The summed E-state index contributed by atoms with van der Waals surface area (Å²) in [7, 11) is 0. The van der Waals surface area contributed by atoms with Crippen molar-refractivity contribution < 1.29 is 4.79 Å². The first-order valence-electron chi connectivity index (χ1n) is 7.12. The molecule has 1 aromatic rings. The Hall–Kier alpha value is -0.940. The molecule has 0 aromatic carbocycles. The van der Waals surface area contributed by atoms with E-state index >= 15 is 0 Å². The Bertz CT molecular complexity index is 413. The number of carbonyl (C=O) groups excluding carboxylic acids is 1. The molecular formula is C14H23N3OS. The van der Waals surface area contributed by atoms with Crippen molar-refractivity contribution in [3.63, 3.8) is 0 Å². The molecule has 2 rings (SSSR count). The summed E-state index contributed by atoms with van der Waals surface area (Å²) in [5.74, 6) is 0.811. The Morgan fingerprint density at radius 3 is 2.84 bits per heavy atom. The average Bonchev–Trinajstić information content (AvgIpc) is 2.85. The van der Waals surface area contributed by atoms with E-state index in [9.17, 15) is 4.79 Å². The van der Waals surface area contributed by atoms with Crippen LogP contribution < -0.4 is 5.32 Å². The number of amides is 1. The van der Waals surface area contributed by atoms with Crippen LogP contribution in [0.15, 0.2) is 5.51 Å². The lowest BCUT2D eigenvalue weighted by molar-refractivity contribution is 0.0720. The van der Waals surface area contributed by atoms with Gasteiger partial charge in [0.25, 0.3) is 5.91 Å². The molecule has 0 saturated carbocycles. The second-order valence-corrected chi connectivity index (χ2v) is 6.07. The standard InChI is InChI=1S/C14H23N3OS/c1-3-8-17(9-12-4-6-15-7-5-12)14(18)13-11(2)16-10-19-13/h10,12,15H,3-9H2,1-2H3. The van der Waals surface area contributed by atoms with Crippen LogP contribution in [0.2, 0.25) is 0 Å². The molecule has 0 radical (unpaired) electrons. The van der Waals surface area contributed by atoms with Gasteiger partial charge in [0.05, 0.1) is 11.2 Å². The summed E-state index contributed by atoms with van der Waals surface area (Å²) in [6.07, 6.45) is 3.36. The average molecular weight is 281 g/mol. The molecule has 106 valence electrons.